The van der Waals surface area contributed by atoms with Gasteiger partial charge in [-0.25, -0.2) is 9.59 Å². The molecular weight excluding hydrogens is 502 g/mol. The Bertz CT molecular complexity index is 971. The minimum atomic E-state index is -5.08. The molecule has 0 unspecified atom stereocenters. The number of halogens is 6. The largest absolute Gasteiger partial charge is 0.490 e. The Hall–Kier alpha value is -2.64. The van der Waals surface area contributed by atoms with Crippen LogP contribution in [-0.4, -0.2) is 71.5 Å². The van der Waals surface area contributed by atoms with Crippen LogP contribution in [0.4, 0.5) is 26.3 Å². The highest BCUT2D eigenvalue weighted by molar-refractivity contribution is 7.09. The van der Waals surface area contributed by atoms with Crippen molar-refractivity contribution in [2.24, 2.45) is 5.92 Å². The second kappa shape index (κ2) is 11.4. The minimum absolute atomic E-state index is 0.583. The van der Waals surface area contributed by atoms with Crippen LogP contribution in [0.3, 0.4) is 0 Å². The van der Waals surface area contributed by atoms with Gasteiger partial charge in [-0.05, 0) is 42.6 Å². The number of carboxylic acids is 2. The molecule has 0 spiro atoms. The first-order valence-electron chi connectivity index (χ1n) is 10.2. The normalized spacial score (nSPS) is 21.3. The Morgan fingerprint density at radius 1 is 0.943 bits per heavy atom. The molecule has 2 aliphatic rings. The number of alkyl halides is 6. The Balaban J connectivity index is 0.000000257. The van der Waals surface area contributed by atoms with Gasteiger partial charge in [0, 0.05) is 36.5 Å². The summed E-state index contributed by atoms with van der Waals surface area (Å²) in [5, 5.41) is 16.4. The van der Waals surface area contributed by atoms with E-state index in [4.69, 9.17) is 19.8 Å². The van der Waals surface area contributed by atoms with Gasteiger partial charge in [-0.1, -0.05) is 30.3 Å². The number of carbonyl (C=O) groups is 2. The lowest BCUT2D eigenvalue weighted by atomic mass is 9.94. The zero-order valence-electron chi connectivity index (χ0n) is 18.7. The molecule has 2 N–H and O–H groups in total. The first-order chi connectivity index (χ1) is 16.1. The van der Waals surface area contributed by atoms with Crippen molar-refractivity contribution < 1.29 is 46.1 Å². The van der Waals surface area contributed by atoms with Gasteiger partial charge in [0.25, 0.3) is 0 Å². The van der Waals surface area contributed by atoms with Crippen molar-refractivity contribution in [1.82, 2.24) is 9.80 Å². The summed E-state index contributed by atoms with van der Waals surface area (Å²) in [7, 11) is 4.46. The zero-order valence-corrected chi connectivity index (χ0v) is 19.5. The molecule has 194 valence electrons. The predicted octanol–water partition coefficient (Wildman–Crippen LogP) is 4.85. The van der Waals surface area contributed by atoms with E-state index in [9.17, 15) is 26.3 Å². The first kappa shape index (κ1) is 28.6. The summed E-state index contributed by atoms with van der Waals surface area (Å²) in [5.74, 6) is -4.05. The molecule has 1 fully saturated rings. The highest BCUT2D eigenvalue weighted by atomic mass is 32.1. The summed E-state index contributed by atoms with van der Waals surface area (Å²) in [5.41, 5.74) is 3.16. The predicted molar refractivity (Wildman–Crippen MR) is 116 cm³/mol. The maximum absolute atomic E-state index is 10.6. The van der Waals surface area contributed by atoms with Gasteiger partial charge in [-0.15, -0.1) is 11.3 Å². The van der Waals surface area contributed by atoms with Gasteiger partial charge in [-0.2, -0.15) is 26.3 Å². The van der Waals surface area contributed by atoms with Gasteiger partial charge in [0.2, 0.25) is 0 Å². The molecule has 1 aliphatic heterocycles. The van der Waals surface area contributed by atoms with Crippen molar-refractivity contribution in [2.45, 2.75) is 30.9 Å². The fourth-order valence-electron chi connectivity index (χ4n) is 4.32. The molecule has 1 aromatic heterocycles. The van der Waals surface area contributed by atoms with E-state index in [1.165, 1.54) is 18.0 Å². The highest BCUT2D eigenvalue weighted by Gasteiger charge is 2.46. The molecular formula is C22H24F6N2O4S. The van der Waals surface area contributed by atoms with Crippen LogP contribution < -0.4 is 0 Å². The molecule has 2 heterocycles. The monoisotopic (exact) mass is 526 g/mol. The number of carboxylic acid groups (broad SMARTS) is 2. The van der Waals surface area contributed by atoms with E-state index in [0.717, 1.165) is 12.5 Å². The quantitative estimate of drug-likeness (QED) is 0.557. The van der Waals surface area contributed by atoms with Crippen molar-refractivity contribution in [3.05, 3.63) is 57.8 Å². The van der Waals surface area contributed by atoms with Crippen molar-refractivity contribution in [3.63, 3.8) is 0 Å². The number of hydrogen-bond acceptors (Lipinski definition) is 5. The van der Waals surface area contributed by atoms with Crippen molar-refractivity contribution in [3.8, 4) is 0 Å². The second-order valence-corrected chi connectivity index (χ2v) is 9.22. The molecule has 0 bridgehead atoms. The van der Waals surface area contributed by atoms with Crippen LogP contribution >= 0.6 is 11.3 Å². The smallest absolute Gasteiger partial charge is 0.475 e. The van der Waals surface area contributed by atoms with Crippen LogP contribution in [0.25, 0.3) is 0 Å². The van der Waals surface area contributed by atoms with Crippen LogP contribution in [0.15, 0.2) is 41.8 Å². The van der Waals surface area contributed by atoms with Crippen LogP contribution in [0.5, 0.6) is 0 Å². The number of aliphatic carboxylic acids is 2. The molecule has 1 aromatic carbocycles. The Morgan fingerprint density at radius 2 is 1.46 bits per heavy atom. The number of thiophene rings is 1. The third-order valence-electron chi connectivity index (χ3n) is 5.56. The maximum atomic E-state index is 10.6. The van der Waals surface area contributed by atoms with E-state index in [1.54, 1.807) is 11.1 Å². The lowest BCUT2D eigenvalue weighted by Crippen LogP contribution is -2.28. The highest BCUT2D eigenvalue weighted by Crippen LogP contribution is 2.51. The molecule has 0 saturated carbocycles. The standard InChI is InChI=1S/C18H22N2S.2C2HF3O2/c1-19(2)18-15-8-4-3-7-14(15)16-11-20(12-17(16)18)10-13-6-5-9-21-13;2*3-2(4,5)1(6)7/h3-9,16-18H,10-12H2,1-2H3;2*(H,6,7)/t16-,17-,18-;;/m0../s1. The second-order valence-electron chi connectivity index (χ2n) is 8.19. The first-order valence-corrected chi connectivity index (χ1v) is 11.1. The zero-order chi connectivity index (χ0) is 26.6. The lowest BCUT2D eigenvalue weighted by molar-refractivity contribution is -0.193. The molecule has 1 saturated heterocycles. The van der Waals surface area contributed by atoms with Crippen LogP contribution in [-0.2, 0) is 16.1 Å². The number of benzene rings is 1. The van der Waals surface area contributed by atoms with E-state index in [-0.39, 0.29) is 0 Å². The fraction of sp³-hybridized carbons (Fsp3) is 0.455. The number of rotatable bonds is 3. The van der Waals surface area contributed by atoms with Crippen LogP contribution in [0, 0.1) is 5.92 Å². The van der Waals surface area contributed by atoms with E-state index in [0.29, 0.717) is 12.0 Å². The SMILES string of the molecule is CN(C)[C@H]1c2ccccc2[C@@H]2CN(Cc3cccs3)C[C@@H]21.O=C(O)C(F)(F)F.O=C(O)C(F)(F)F. The average molecular weight is 526 g/mol. The van der Waals surface area contributed by atoms with Gasteiger partial charge in [0.05, 0.1) is 0 Å². The molecule has 6 nitrogen and oxygen atoms in total. The number of likely N-dealkylation sites (tertiary alicyclic amines) is 1. The average Bonchev–Trinajstić information content (AvgIpc) is 3.43. The van der Waals surface area contributed by atoms with Gasteiger partial charge >= 0.3 is 24.3 Å². The number of hydrogen-bond donors (Lipinski definition) is 2. The third kappa shape index (κ3) is 7.67. The molecule has 35 heavy (non-hydrogen) atoms. The number of nitrogens with zero attached hydrogens (tertiary/aromatic N) is 2. The van der Waals surface area contributed by atoms with E-state index in [2.05, 4.69) is 65.7 Å². The van der Waals surface area contributed by atoms with Crippen molar-refractivity contribution >= 4 is 23.3 Å². The molecule has 0 amide bonds. The molecule has 1 aliphatic carbocycles. The Morgan fingerprint density at radius 3 is 1.89 bits per heavy atom. The van der Waals surface area contributed by atoms with E-state index >= 15 is 0 Å². The Labute approximate surface area is 201 Å². The van der Waals surface area contributed by atoms with Crippen molar-refractivity contribution in [1.29, 1.82) is 0 Å². The number of fused-ring (bicyclic) bond motifs is 3. The minimum Gasteiger partial charge on any atom is -0.475 e. The molecule has 2 aromatic rings. The third-order valence-corrected chi connectivity index (χ3v) is 6.42. The van der Waals surface area contributed by atoms with Crippen molar-refractivity contribution in [2.75, 3.05) is 27.2 Å². The van der Waals surface area contributed by atoms with Gasteiger partial charge < -0.3 is 15.1 Å². The summed E-state index contributed by atoms with van der Waals surface area (Å²) in [6.45, 7) is 3.55. The summed E-state index contributed by atoms with van der Waals surface area (Å²) >= 11 is 1.88. The molecule has 13 heteroatoms. The lowest BCUT2D eigenvalue weighted by Gasteiger charge is -2.27. The summed E-state index contributed by atoms with van der Waals surface area (Å²) in [6.07, 6.45) is -10.2. The topological polar surface area (TPSA) is 81.1 Å². The van der Waals surface area contributed by atoms with Crippen LogP contribution in [0.1, 0.15) is 28.0 Å². The van der Waals surface area contributed by atoms with Gasteiger partial charge in [-0.3, -0.25) is 4.90 Å². The summed E-state index contributed by atoms with van der Waals surface area (Å²) in [6, 6.07) is 14.1. The van der Waals surface area contributed by atoms with Gasteiger partial charge in [0.1, 0.15) is 0 Å². The summed E-state index contributed by atoms with van der Waals surface area (Å²) in [4.78, 5) is 24.3. The summed E-state index contributed by atoms with van der Waals surface area (Å²) < 4.78 is 63.5. The molecule has 3 atom stereocenters. The van der Waals surface area contributed by atoms with E-state index in [1.807, 2.05) is 11.3 Å². The van der Waals surface area contributed by atoms with Gasteiger partial charge in [0.15, 0.2) is 0 Å². The van der Waals surface area contributed by atoms with E-state index < -0.39 is 24.3 Å². The Kier molecular flexibility index (Phi) is 9.31. The fourth-order valence-corrected chi connectivity index (χ4v) is 5.07. The maximum Gasteiger partial charge on any atom is 0.490 e. The molecule has 0 radical (unpaired) electrons. The molecule has 4 rings (SSSR count). The van der Waals surface area contributed by atoms with Crippen LogP contribution in [0.2, 0.25) is 0 Å².